The van der Waals surface area contributed by atoms with Crippen molar-refractivity contribution in [3.05, 3.63) is 78.4 Å². The number of hydrogen-bond donors (Lipinski definition) is 1. The van der Waals surface area contributed by atoms with Gasteiger partial charge in [-0.05, 0) is 30.5 Å². The topological polar surface area (TPSA) is 64.6 Å². The quantitative estimate of drug-likeness (QED) is 0.490. The molecule has 0 aliphatic carbocycles. The first kappa shape index (κ1) is 19.2. The molecule has 0 saturated heterocycles. The number of hydrogen-bond acceptors (Lipinski definition) is 4. The van der Waals surface area contributed by atoms with E-state index in [4.69, 9.17) is 9.47 Å². The number of nitrogens with one attached hydrogen (secondary N) is 1. The third-order valence-electron chi connectivity index (χ3n) is 4.03. The van der Waals surface area contributed by atoms with Crippen molar-refractivity contribution in [1.29, 1.82) is 0 Å². The normalized spacial score (nSPS) is 10.8. The average molecular weight is 375 g/mol. The van der Waals surface area contributed by atoms with Crippen LogP contribution in [0.5, 0.6) is 5.75 Å². The first-order valence-electron chi connectivity index (χ1n) is 9.01. The maximum atomic E-state index is 12.1. The van der Waals surface area contributed by atoms with Crippen LogP contribution < -0.4 is 10.1 Å². The predicted molar refractivity (Wildman–Crippen MR) is 110 cm³/mol. The first-order chi connectivity index (χ1) is 13.7. The monoisotopic (exact) mass is 375 g/mol. The second-order valence-corrected chi connectivity index (χ2v) is 5.99. The molecular formula is C23H21NO4. The number of rotatable bonds is 7. The molecule has 0 heterocycles. The Labute approximate surface area is 163 Å². The van der Waals surface area contributed by atoms with E-state index in [1.54, 1.807) is 6.08 Å². The summed E-state index contributed by atoms with van der Waals surface area (Å²) in [4.78, 5) is 24.1. The summed E-state index contributed by atoms with van der Waals surface area (Å²) in [5.74, 6) is -0.310. The Kier molecular flexibility index (Phi) is 6.41. The number of esters is 1. The molecule has 0 bridgehead atoms. The van der Waals surface area contributed by atoms with E-state index in [0.29, 0.717) is 18.0 Å². The van der Waals surface area contributed by atoms with Crippen molar-refractivity contribution in [2.45, 2.75) is 6.92 Å². The van der Waals surface area contributed by atoms with E-state index in [1.165, 1.54) is 6.08 Å². The van der Waals surface area contributed by atoms with Gasteiger partial charge >= 0.3 is 5.97 Å². The molecule has 0 radical (unpaired) electrons. The highest BCUT2D eigenvalue weighted by Gasteiger charge is 2.08. The molecule has 3 aromatic carbocycles. The Balaban J connectivity index is 1.56. The lowest BCUT2D eigenvalue weighted by atomic mass is 10.1. The average Bonchev–Trinajstić information content (AvgIpc) is 2.72. The molecule has 5 nitrogen and oxygen atoms in total. The zero-order valence-electron chi connectivity index (χ0n) is 15.6. The molecule has 0 atom stereocenters. The van der Waals surface area contributed by atoms with Gasteiger partial charge in [-0.15, -0.1) is 0 Å². The summed E-state index contributed by atoms with van der Waals surface area (Å²) in [6.45, 7) is 2.06. The Morgan fingerprint density at radius 2 is 1.71 bits per heavy atom. The van der Waals surface area contributed by atoms with E-state index in [0.717, 1.165) is 16.3 Å². The molecule has 0 saturated carbocycles. The molecule has 142 valence electrons. The molecule has 0 unspecified atom stereocenters. The number of para-hydroxylation sites is 1. The third kappa shape index (κ3) is 4.98. The van der Waals surface area contributed by atoms with Crippen LogP contribution in [0.1, 0.15) is 12.5 Å². The number of ether oxygens (including phenoxy) is 2. The molecule has 3 aromatic rings. The van der Waals surface area contributed by atoms with Crippen molar-refractivity contribution in [2.75, 3.05) is 18.5 Å². The number of amides is 1. The minimum Gasteiger partial charge on any atom is -0.493 e. The van der Waals surface area contributed by atoms with Gasteiger partial charge in [0.05, 0.1) is 6.61 Å². The van der Waals surface area contributed by atoms with Gasteiger partial charge in [-0.25, -0.2) is 4.79 Å². The molecule has 1 amide bonds. The van der Waals surface area contributed by atoms with Crippen LogP contribution in [-0.2, 0) is 14.3 Å². The number of fused-ring (bicyclic) bond motifs is 1. The number of carbonyl (C=O) groups is 2. The van der Waals surface area contributed by atoms with Gasteiger partial charge in [0.15, 0.2) is 6.61 Å². The lowest BCUT2D eigenvalue weighted by molar-refractivity contribution is -0.142. The standard InChI is InChI=1S/C23H21NO4/c1-2-27-21-13-6-4-9-18(21)14-15-23(26)28-16-22(25)24-20-12-7-10-17-8-3-5-11-19(17)20/h3-15H,2,16H2,1H3,(H,24,25). The molecule has 0 aliphatic heterocycles. The minimum absolute atomic E-state index is 0.362. The Bertz CT molecular complexity index is 1000. The Hall–Kier alpha value is -3.60. The molecule has 0 fully saturated rings. The summed E-state index contributed by atoms with van der Waals surface area (Å²) < 4.78 is 10.5. The van der Waals surface area contributed by atoms with Crippen molar-refractivity contribution in [3.63, 3.8) is 0 Å². The first-order valence-corrected chi connectivity index (χ1v) is 9.01. The number of benzene rings is 3. The van der Waals surface area contributed by atoms with Crippen molar-refractivity contribution in [3.8, 4) is 5.75 Å². The number of anilines is 1. The predicted octanol–water partition coefficient (Wildman–Crippen LogP) is 4.43. The van der Waals surface area contributed by atoms with E-state index in [-0.39, 0.29) is 6.61 Å². The molecule has 5 heteroatoms. The van der Waals surface area contributed by atoms with Gasteiger partial charge in [-0.2, -0.15) is 0 Å². The highest BCUT2D eigenvalue weighted by atomic mass is 16.5. The van der Waals surface area contributed by atoms with Crippen LogP contribution in [-0.4, -0.2) is 25.1 Å². The van der Waals surface area contributed by atoms with Gasteiger partial charge < -0.3 is 14.8 Å². The van der Waals surface area contributed by atoms with Gasteiger partial charge in [0.1, 0.15) is 5.75 Å². The van der Waals surface area contributed by atoms with Crippen LogP contribution in [0.15, 0.2) is 72.8 Å². The van der Waals surface area contributed by atoms with E-state index in [9.17, 15) is 9.59 Å². The lowest BCUT2D eigenvalue weighted by Crippen LogP contribution is -2.20. The maximum Gasteiger partial charge on any atom is 0.331 e. The molecule has 1 N–H and O–H groups in total. The summed E-state index contributed by atoms with van der Waals surface area (Å²) in [7, 11) is 0. The van der Waals surface area contributed by atoms with Crippen LogP contribution in [0.2, 0.25) is 0 Å². The fourth-order valence-corrected chi connectivity index (χ4v) is 2.77. The van der Waals surface area contributed by atoms with Crippen molar-refractivity contribution >= 4 is 34.4 Å². The SMILES string of the molecule is CCOc1ccccc1C=CC(=O)OCC(=O)Nc1cccc2ccccc12. The van der Waals surface area contributed by atoms with E-state index < -0.39 is 11.9 Å². The molecule has 28 heavy (non-hydrogen) atoms. The molecule has 0 aromatic heterocycles. The van der Waals surface area contributed by atoms with E-state index in [1.807, 2.05) is 73.7 Å². The van der Waals surface area contributed by atoms with Gasteiger partial charge in [-0.1, -0.05) is 54.6 Å². The van der Waals surface area contributed by atoms with Crippen molar-refractivity contribution in [1.82, 2.24) is 0 Å². The van der Waals surface area contributed by atoms with Crippen molar-refractivity contribution in [2.24, 2.45) is 0 Å². The van der Waals surface area contributed by atoms with E-state index in [2.05, 4.69) is 5.32 Å². The fourth-order valence-electron chi connectivity index (χ4n) is 2.77. The van der Waals surface area contributed by atoms with Crippen LogP contribution in [0.25, 0.3) is 16.8 Å². The summed E-state index contributed by atoms with van der Waals surface area (Å²) >= 11 is 0. The number of carbonyl (C=O) groups excluding carboxylic acids is 2. The molecule has 0 aliphatic rings. The maximum absolute atomic E-state index is 12.1. The largest absolute Gasteiger partial charge is 0.493 e. The zero-order chi connectivity index (χ0) is 19.8. The van der Waals surface area contributed by atoms with Crippen LogP contribution in [0.3, 0.4) is 0 Å². The molecule has 3 rings (SSSR count). The highest BCUT2D eigenvalue weighted by molar-refractivity contribution is 6.03. The highest BCUT2D eigenvalue weighted by Crippen LogP contribution is 2.23. The fraction of sp³-hybridized carbons (Fsp3) is 0.130. The summed E-state index contributed by atoms with van der Waals surface area (Å²) in [6, 6.07) is 20.8. The smallest absolute Gasteiger partial charge is 0.331 e. The van der Waals surface area contributed by atoms with Gasteiger partial charge in [-0.3, -0.25) is 4.79 Å². The summed E-state index contributed by atoms with van der Waals surface area (Å²) in [6.07, 6.45) is 2.89. The Morgan fingerprint density at radius 1 is 0.964 bits per heavy atom. The lowest BCUT2D eigenvalue weighted by Gasteiger charge is -2.09. The molecular weight excluding hydrogens is 354 g/mol. The van der Waals surface area contributed by atoms with Crippen LogP contribution in [0.4, 0.5) is 5.69 Å². The summed E-state index contributed by atoms with van der Waals surface area (Å²) in [5, 5.41) is 4.73. The second-order valence-electron chi connectivity index (χ2n) is 5.99. The van der Waals surface area contributed by atoms with Crippen molar-refractivity contribution < 1.29 is 19.1 Å². The van der Waals surface area contributed by atoms with Gasteiger partial charge in [0, 0.05) is 22.7 Å². The Morgan fingerprint density at radius 3 is 2.57 bits per heavy atom. The second kappa shape index (κ2) is 9.37. The minimum atomic E-state index is -0.598. The van der Waals surface area contributed by atoms with Gasteiger partial charge in [0.25, 0.3) is 5.91 Å². The van der Waals surface area contributed by atoms with E-state index >= 15 is 0 Å². The van der Waals surface area contributed by atoms with Crippen LogP contribution >= 0.6 is 0 Å². The third-order valence-corrected chi connectivity index (χ3v) is 4.03. The van der Waals surface area contributed by atoms with Crippen LogP contribution in [0, 0.1) is 0 Å². The summed E-state index contributed by atoms with van der Waals surface area (Å²) in [5.41, 5.74) is 1.45. The van der Waals surface area contributed by atoms with Gasteiger partial charge in [0.2, 0.25) is 0 Å². The molecule has 0 spiro atoms. The zero-order valence-corrected chi connectivity index (χ0v) is 15.6.